The van der Waals surface area contributed by atoms with E-state index in [4.69, 9.17) is 4.42 Å². The minimum atomic E-state index is -0.107. The highest BCUT2D eigenvalue weighted by Gasteiger charge is 2.15. The van der Waals surface area contributed by atoms with Crippen LogP contribution in [0.3, 0.4) is 0 Å². The van der Waals surface area contributed by atoms with Crippen LogP contribution in [0.5, 0.6) is 0 Å². The number of aromatic nitrogens is 2. The van der Waals surface area contributed by atoms with Crippen molar-refractivity contribution in [1.29, 1.82) is 0 Å². The van der Waals surface area contributed by atoms with E-state index in [2.05, 4.69) is 20.8 Å². The van der Waals surface area contributed by atoms with Crippen molar-refractivity contribution in [2.45, 2.75) is 13.0 Å². The third kappa shape index (κ3) is 2.93. The van der Waals surface area contributed by atoms with Gasteiger partial charge in [0.15, 0.2) is 0 Å². The first-order valence-corrected chi connectivity index (χ1v) is 5.00. The first-order chi connectivity index (χ1) is 7.58. The van der Waals surface area contributed by atoms with Crippen LogP contribution in [0.25, 0.3) is 0 Å². The molecule has 0 aliphatic heterocycles. The number of nitrogens with one attached hydrogen (secondary N) is 2. The van der Waals surface area contributed by atoms with Crippen LogP contribution in [-0.2, 0) is 4.79 Å². The molecule has 0 aromatic carbocycles. The summed E-state index contributed by atoms with van der Waals surface area (Å²) in [6, 6.07) is 0.329. The van der Waals surface area contributed by atoms with Gasteiger partial charge in [-0.3, -0.25) is 4.79 Å². The topological polar surface area (TPSA) is 83.3 Å². The van der Waals surface area contributed by atoms with Gasteiger partial charge in [0.1, 0.15) is 6.54 Å². The summed E-state index contributed by atoms with van der Waals surface area (Å²) in [6.07, 6.45) is 0. The molecule has 0 fully saturated rings. The average molecular weight is 227 g/mol. The van der Waals surface area contributed by atoms with Crippen LogP contribution in [0, 0.1) is 0 Å². The maximum absolute atomic E-state index is 11.1. The Morgan fingerprint density at radius 2 is 2.19 bits per heavy atom. The number of hydrogen-bond acceptors (Lipinski definition) is 6. The van der Waals surface area contributed by atoms with E-state index < -0.39 is 0 Å². The molecule has 0 aliphatic carbocycles. The number of amides is 1. The molecule has 0 saturated carbocycles. The summed E-state index contributed by atoms with van der Waals surface area (Å²) in [5.74, 6) is 0.394. The molecule has 1 heterocycles. The van der Waals surface area contributed by atoms with Crippen LogP contribution in [0.1, 0.15) is 18.9 Å². The second-order valence-corrected chi connectivity index (χ2v) is 3.46. The quantitative estimate of drug-likeness (QED) is 0.707. The highest BCUT2D eigenvalue weighted by atomic mass is 16.4. The smallest absolute Gasteiger partial charge is 0.318 e. The summed E-state index contributed by atoms with van der Waals surface area (Å²) >= 11 is 0. The first kappa shape index (κ1) is 12.4. The molecule has 1 atom stereocenters. The lowest BCUT2D eigenvalue weighted by Crippen LogP contribution is -2.33. The Kier molecular flexibility index (Phi) is 4.24. The normalized spacial score (nSPS) is 12.2. The summed E-state index contributed by atoms with van der Waals surface area (Å²) in [5, 5.41) is 13.3. The average Bonchev–Trinajstić information content (AvgIpc) is 2.77. The van der Waals surface area contributed by atoms with E-state index in [1.807, 2.05) is 14.0 Å². The Hall–Kier alpha value is -1.63. The lowest BCUT2D eigenvalue weighted by Gasteiger charge is -2.12. The Balaban J connectivity index is 2.66. The summed E-state index contributed by atoms with van der Waals surface area (Å²) in [7, 11) is 5.11. The summed E-state index contributed by atoms with van der Waals surface area (Å²) in [4.78, 5) is 12.7. The number of nitrogens with zero attached hydrogens (tertiary/aromatic N) is 3. The van der Waals surface area contributed by atoms with Crippen LogP contribution in [-0.4, -0.2) is 43.8 Å². The van der Waals surface area contributed by atoms with Gasteiger partial charge in [-0.25, -0.2) is 0 Å². The van der Waals surface area contributed by atoms with Crippen molar-refractivity contribution in [2.75, 3.05) is 32.6 Å². The summed E-state index contributed by atoms with van der Waals surface area (Å²) in [5.41, 5.74) is 0. The van der Waals surface area contributed by atoms with Crippen molar-refractivity contribution in [3.05, 3.63) is 5.89 Å². The molecule has 1 unspecified atom stereocenters. The monoisotopic (exact) mass is 227 g/mol. The Bertz CT molecular complexity index is 351. The van der Waals surface area contributed by atoms with E-state index in [1.54, 1.807) is 19.0 Å². The van der Waals surface area contributed by atoms with Crippen molar-refractivity contribution < 1.29 is 9.21 Å². The van der Waals surface area contributed by atoms with Crippen molar-refractivity contribution in [2.24, 2.45) is 0 Å². The van der Waals surface area contributed by atoms with Gasteiger partial charge < -0.3 is 20.0 Å². The summed E-state index contributed by atoms with van der Waals surface area (Å²) in [6.45, 7) is 2.10. The zero-order valence-corrected chi connectivity index (χ0v) is 9.94. The molecule has 7 nitrogen and oxygen atoms in total. The molecule has 7 heteroatoms. The van der Waals surface area contributed by atoms with Gasteiger partial charge in [-0.15, -0.1) is 5.10 Å². The molecule has 16 heavy (non-hydrogen) atoms. The maximum atomic E-state index is 11.1. The van der Waals surface area contributed by atoms with Crippen molar-refractivity contribution in [3.8, 4) is 0 Å². The predicted octanol–water partition coefficient (Wildman–Crippen LogP) is -0.468. The number of rotatable bonds is 5. The van der Waals surface area contributed by atoms with E-state index in [0.29, 0.717) is 11.9 Å². The fourth-order valence-corrected chi connectivity index (χ4v) is 1.04. The highest BCUT2D eigenvalue weighted by Crippen LogP contribution is 2.15. The lowest BCUT2D eigenvalue weighted by atomic mass is 10.3. The molecular weight excluding hydrogens is 210 g/mol. The number of likely N-dealkylation sites (N-methyl/N-ethyl adjacent to an activating group) is 2. The molecule has 90 valence electrons. The fraction of sp³-hybridized carbons (Fsp3) is 0.667. The Labute approximate surface area is 94.2 Å². The van der Waals surface area contributed by atoms with Gasteiger partial charge in [0.2, 0.25) is 11.8 Å². The van der Waals surface area contributed by atoms with Gasteiger partial charge in [-0.2, -0.15) is 0 Å². The van der Waals surface area contributed by atoms with E-state index >= 15 is 0 Å². The van der Waals surface area contributed by atoms with Gasteiger partial charge in [0.25, 0.3) is 0 Å². The fourth-order valence-electron chi connectivity index (χ4n) is 1.04. The standard InChI is InChI=1S/C9H17N5O2/c1-6(10-2)8-12-13-9(16-8)14(4)5-7(15)11-3/h6,10H,5H2,1-4H3,(H,11,15). The largest absolute Gasteiger partial charge is 0.406 e. The van der Waals surface area contributed by atoms with Gasteiger partial charge in [0.05, 0.1) is 6.04 Å². The molecule has 2 N–H and O–H groups in total. The van der Waals surface area contributed by atoms with E-state index in [1.165, 1.54) is 0 Å². The predicted molar refractivity (Wildman–Crippen MR) is 59.1 cm³/mol. The zero-order chi connectivity index (χ0) is 12.1. The molecule has 0 saturated heterocycles. The number of hydrogen-bond donors (Lipinski definition) is 2. The van der Waals surface area contributed by atoms with Crippen molar-refractivity contribution >= 4 is 11.9 Å². The van der Waals surface area contributed by atoms with E-state index in [0.717, 1.165) is 0 Å². The van der Waals surface area contributed by atoms with Gasteiger partial charge in [-0.05, 0) is 14.0 Å². The summed E-state index contributed by atoms with van der Waals surface area (Å²) < 4.78 is 5.40. The van der Waals surface area contributed by atoms with Crippen LogP contribution in [0.4, 0.5) is 6.01 Å². The number of carbonyl (C=O) groups is 1. The van der Waals surface area contributed by atoms with E-state index in [9.17, 15) is 4.79 Å². The first-order valence-electron chi connectivity index (χ1n) is 5.00. The van der Waals surface area contributed by atoms with Crippen LogP contribution >= 0.6 is 0 Å². The molecule has 0 aliphatic rings. The van der Waals surface area contributed by atoms with Crippen molar-refractivity contribution in [1.82, 2.24) is 20.8 Å². The molecule has 1 rings (SSSR count). The number of carbonyl (C=O) groups excluding carboxylic acids is 1. The number of anilines is 1. The minimum Gasteiger partial charge on any atom is -0.406 e. The minimum absolute atomic E-state index is 0.00495. The molecular formula is C9H17N5O2. The lowest BCUT2D eigenvalue weighted by molar-refractivity contribution is -0.119. The molecule has 1 aromatic rings. The second kappa shape index (κ2) is 5.45. The zero-order valence-electron chi connectivity index (χ0n) is 9.94. The van der Waals surface area contributed by atoms with Crippen LogP contribution in [0.15, 0.2) is 4.42 Å². The molecule has 0 radical (unpaired) electrons. The Morgan fingerprint density at radius 1 is 1.50 bits per heavy atom. The SMILES string of the molecule is CNC(=O)CN(C)c1nnc(C(C)NC)o1. The molecule has 0 bridgehead atoms. The van der Waals surface area contributed by atoms with Gasteiger partial charge in [0, 0.05) is 14.1 Å². The van der Waals surface area contributed by atoms with Gasteiger partial charge in [-0.1, -0.05) is 5.10 Å². The third-order valence-corrected chi connectivity index (χ3v) is 2.22. The maximum Gasteiger partial charge on any atom is 0.318 e. The molecule has 1 aromatic heterocycles. The molecule has 0 spiro atoms. The Morgan fingerprint density at radius 3 is 2.75 bits per heavy atom. The third-order valence-electron chi connectivity index (χ3n) is 2.22. The second-order valence-electron chi connectivity index (χ2n) is 3.46. The van der Waals surface area contributed by atoms with Crippen LogP contribution < -0.4 is 15.5 Å². The van der Waals surface area contributed by atoms with E-state index in [-0.39, 0.29) is 18.5 Å². The molecule has 1 amide bonds. The van der Waals surface area contributed by atoms with Crippen LogP contribution in [0.2, 0.25) is 0 Å². The highest BCUT2D eigenvalue weighted by molar-refractivity contribution is 5.80. The van der Waals surface area contributed by atoms with Gasteiger partial charge >= 0.3 is 6.01 Å². The van der Waals surface area contributed by atoms with Crippen molar-refractivity contribution in [3.63, 3.8) is 0 Å².